The molecule has 0 spiro atoms. The predicted octanol–water partition coefficient (Wildman–Crippen LogP) is 1.84. The Labute approximate surface area is 102 Å². The fourth-order valence-electron chi connectivity index (χ4n) is 2.16. The topological polar surface area (TPSA) is 42.1 Å². The normalized spacial score (nSPS) is 23.8. The Morgan fingerprint density at radius 2 is 2.50 bits per heavy atom. The van der Waals surface area contributed by atoms with Gasteiger partial charge in [0.25, 0.3) is 0 Å². The van der Waals surface area contributed by atoms with E-state index >= 15 is 0 Å². The zero-order valence-corrected chi connectivity index (χ0v) is 11.0. The van der Waals surface area contributed by atoms with Crippen LogP contribution in [0.2, 0.25) is 0 Å². The van der Waals surface area contributed by atoms with Crippen molar-refractivity contribution >= 4 is 11.3 Å². The molecule has 0 amide bonds. The quantitative estimate of drug-likeness (QED) is 0.872. The van der Waals surface area contributed by atoms with Gasteiger partial charge >= 0.3 is 0 Å². The van der Waals surface area contributed by atoms with E-state index in [9.17, 15) is 0 Å². The van der Waals surface area contributed by atoms with E-state index in [0.717, 1.165) is 19.4 Å². The molecule has 0 bridgehead atoms. The molecule has 1 aromatic rings. The summed E-state index contributed by atoms with van der Waals surface area (Å²) in [5.41, 5.74) is 7.06. The summed E-state index contributed by atoms with van der Waals surface area (Å²) in [4.78, 5) is 7.12. The smallest absolute Gasteiger partial charge is 0.0928 e. The van der Waals surface area contributed by atoms with E-state index < -0.39 is 0 Å². The average molecular weight is 239 g/mol. The Bertz CT molecular complexity index is 335. The Balaban J connectivity index is 1.91. The van der Waals surface area contributed by atoms with E-state index in [0.29, 0.717) is 5.92 Å². The maximum absolute atomic E-state index is 5.76. The molecule has 2 rings (SSSR count). The van der Waals surface area contributed by atoms with Crippen LogP contribution in [0.1, 0.15) is 36.4 Å². The number of nitrogens with two attached hydrogens (primary N) is 1. The molecule has 0 saturated carbocycles. The molecular weight excluding hydrogens is 218 g/mol. The summed E-state index contributed by atoms with van der Waals surface area (Å²) in [6, 6.07) is 0.282. The maximum Gasteiger partial charge on any atom is 0.0928 e. The number of aromatic nitrogens is 1. The van der Waals surface area contributed by atoms with E-state index in [-0.39, 0.29) is 6.04 Å². The molecule has 3 nitrogen and oxygen atoms in total. The van der Waals surface area contributed by atoms with Gasteiger partial charge in [-0.15, -0.1) is 11.3 Å². The van der Waals surface area contributed by atoms with Gasteiger partial charge in [-0.25, -0.2) is 4.98 Å². The number of aryl methyl sites for hydroxylation is 1. The molecule has 0 aromatic carbocycles. The van der Waals surface area contributed by atoms with Crippen LogP contribution in [0.5, 0.6) is 0 Å². The molecule has 0 aliphatic carbocycles. The molecule has 4 heteroatoms. The predicted molar refractivity (Wildman–Crippen MR) is 68.9 cm³/mol. The van der Waals surface area contributed by atoms with Crippen LogP contribution in [-0.4, -0.2) is 36.1 Å². The van der Waals surface area contributed by atoms with Crippen molar-refractivity contribution in [2.24, 2.45) is 5.73 Å². The summed E-state index contributed by atoms with van der Waals surface area (Å²) in [5.74, 6) is 0.658. The first kappa shape index (κ1) is 12.0. The molecular formula is C12H21N3S. The second-order valence-electron chi connectivity index (χ2n) is 4.93. The molecule has 1 fully saturated rings. The monoisotopic (exact) mass is 239 g/mol. The van der Waals surface area contributed by atoms with Gasteiger partial charge in [-0.3, -0.25) is 0 Å². The summed E-state index contributed by atoms with van der Waals surface area (Å²) >= 11 is 1.79. The maximum atomic E-state index is 5.76. The van der Waals surface area contributed by atoms with Crippen molar-refractivity contribution in [2.75, 3.05) is 20.1 Å². The Kier molecular flexibility index (Phi) is 3.95. The van der Waals surface area contributed by atoms with Crippen LogP contribution in [0.3, 0.4) is 0 Å². The lowest BCUT2D eigenvalue weighted by molar-refractivity contribution is 0.411. The summed E-state index contributed by atoms with van der Waals surface area (Å²) in [5, 5.41) is 3.49. The second kappa shape index (κ2) is 5.25. The van der Waals surface area contributed by atoms with Crippen LogP contribution in [0, 0.1) is 0 Å². The highest BCUT2D eigenvalue weighted by atomic mass is 32.1. The van der Waals surface area contributed by atoms with Gasteiger partial charge in [0, 0.05) is 30.3 Å². The SMILES string of the molecule is CC(N)CCc1nc(C2CCN(C)C2)cs1. The van der Waals surface area contributed by atoms with Gasteiger partial charge in [0.1, 0.15) is 0 Å². The fourth-order valence-corrected chi connectivity index (χ4v) is 3.05. The molecule has 1 aliphatic rings. The van der Waals surface area contributed by atoms with Crippen LogP contribution >= 0.6 is 11.3 Å². The Hall–Kier alpha value is -0.450. The lowest BCUT2D eigenvalue weighted by Crippen LogP contribution is -2.15. The van der Waals surface area contributed by atoms with Crippen LogP contribution in [-0.2, 0) is 6.42 Å². The molecule has 1 aliphatic heterocycles. The minimum atomic E-state index is 0.282. The van der Waals surface area contributed by atoms with Gasteiger partial charge in [0.15, 0.2) is 0 Å². The van der Waals surface area contributed by atoms with Gasteiger partial charge in [-0.1, -0.05) is 0 Å². The van der Waals surface area contributed by atoms with E-state index in [1.54, 1.807) is 11.3 Å². The third kappa shape index (κ3) is 3.03. The number of nitrogens with zero attached hydrogens (tertiary/aromatic N) is 2. The summed E-state index contributed by atoms with van der Waals surface area (Å²) in [6.07, 6.45) is 3.33. The van der Waals surface area contributed by atoms with Crippen LogP contribution in [0.4, 0.5) is 0 Å². The van der Waals surface area contributed by atoms with Crippen molar-refractivity contribution in [2.45, 2.75) is 38.1 Å². The summed E-state index contributed by atoms with van der Waals surface area (Å²) in [6.45, 7) is 4.42. The molecule has 1 saturated heterocycles. The van der Waals surface area contributed by atoms with Gasteiger partial charge in [-0.2, -0.15) is 0 Å². The average Bonchev–Trinajstić information content (AvgIpc) is 2.83. The molecule has 90 valence electrons. The number of hydrogen-bond donors (Lipinski definition) is 1. The van der Waals surface area contributed by atoms with Crippen molar-refractivity contribution in [3.63, 3.8) is 0 Å². The van der Waals surface area contributed by atoms with Gasteiger partial charge < -0.3 is 10.6 Å². The highest BCUT2D eigenvalue weighted by molar-refractivity contribution is 7.09. The third-order valence-corrected chi connectivity index (χ3v) is 4.12. The number of likely N-dealkylation sites (N-methyl/N-ethyl adjacent to an activating group) is 1. The van der Waals surface area contributed by atoms with Crippen LogP contribution < -0.4 is 5.73 Å². The first-order chi connectivity index (χ1) is 7.65. The van der Waals surface area contributed by atoms with E-state index in [2.05, 4.69) is 24.3 Å². The van der Waals surface area contributed by atoms with E-state index in [1.807, 2.05) is 0 Å². The number of rotatable bonds is 4. The zero-order valence-electron chi connectivity index (χ0n) is 10.1. The van der Waals surface area contributed by atoms with Crippen molar-refractivity contribution in [3.05, 3.63) is 16.1 Å². The minimum absolute atomic E-state index is 0.282. The first-order valence-electron chi connectivity index (χ1n) is 6.03. The van der Waals surface area contributed by atoms with Crippen LogP contribution in [0.15, 0.2) is 5.38 Å². The van der Waals surface area contributed by atoms with E-state index in [1.165, 1.54) is 23.7 Å². The summed E-state index contributed by atoms with van der Waals surface area (Å²) in [7, 11) is 2.18. The van der Waals surface area contributed by atoms with E-state index in [4.69, 9.17) is 10.7 Å². The highest BCUT2D eigenvalue weighted by Crippen LogP contribution is 2.27. The van der Waals surface area contributed by atoms with Crippen molar-refractivity contribution in [3.8, 4) is 0 Å². The molecule has 1 aromatic heterocycles. The third-order valence-electron chi connectivity index (χ3n) is 3.19. The molecule has 2 N–H and O–H groups in total. The lowest BCUT2D eigenvalue weighted by Gasteiger charge is -2.07. The van der Waals surface area contributed by atoms with Crippen molar-refractivity contribution in [1.82, 2.24) is 9.88 Å². The molecule has 16 heavy (non-hydrogen) atoms. The number of thiazole rings is 1. The van der Waals surface area contributed by atoms with Crippen molar-refractivity contribution < 1.29 is 0 Å². The highest BCUT2D eigenvalue weighted by Gasteiger charge is 2.23. The fraction of sp³-hybridized carbons (Fsp3) is 0.750. The minimum Gasteiger partial charge on any atom is -0.328 e. The van der Waals surface area contributed by atoms with Gasteiger partial charge in [0.2, 0.25) is 0 Å². The summed E-state index contributed by atoms with van der Waals surface area (Å²) < 4.78 is 0. The standard InChI is InChI=1S/C12H21N3S/c1-9(13)3-4-12-14-11(8-16-12)10-5-6-15(2)7-10/h8-10H,3-7,13H2,1-2H3. The Morgan fingerprint density at radius 1 is 1.69 bits per heavy atom. The molecule has 2 unspecified atom stereocenters. The first-order valence-corrected chi connectivity index (χ1v) is 6.91. The molecule has 0 radical (unpaired) electrons. The molecule has 2 heterocycles. The zero-order chi connectivity index (χ0) is 11.5. The van der Waals surface area contributed by atoms with Crippen molar-refractivity contribution in [1.29, 1.82) is 0 Å². The Morgan fingerprint density at radius 3 is 3.12 bits per heavy atom. The van der Waals surface area contributed by atoms with Crippen LogP contribution in [0.25, 0.3) is 0 Å². The largest absolute Gasteiger partial charge is 0.328 e. The second-order valence-corrected chi connectivity index (χ2v) is 5.87. The van der Waals surface area contributed by atoms with Gasteiger partial charge in [0.05, 0.1) is 10.7 Å². The lowest BCUT2D eigenvalue weighted by atomic mass is 10.1. The molecule has 2 atom stereocenters. The number of hydrogen-bond acceptors (Lipinski definition) is 4. The number of likely N-dealkylation sites (tertiary alicyclic amines) is 1. The van der Waals surface area contributed by atoms with Gasteiger partial charge in [-0.05, 0) is 33.4 Å².